The van der Waals surface area contributed by atoms with Gasteiger partial charge in [-0.25, -0.2) is 13.1 Å². The summed E-state index contributed by atoms with van der Waals surface area (Å²) in [4.78, 5) is 13.4. The Bertz CT molecular complexity index is 1150. The van der Waals surface area contributed by atoms with Crippen molar-refractivity contribution < 1.29 is 32.2 Å². The predicted molar refractivity (Wildman–Crippen MR) is 138 cm³/mol. The standard InChI is InChI=1S/C26H35N3O7S/c1-33-23-12-7-18(15-24(23)34-2)25(26(30)27-16-20-5-3-13-35-20)29-19-8-10-22(11-9-19)37(31,32)28-17-21-6-4-14-36-21/h7-12,15,20-21,25,28-29H,3-6,13-14,16-17H2,1-2H3,(H,27,30)/t20-,21+,25-/m0/s1. The zero-order valence-electron chi connectivity index (χ0n) is 21.2. The van der Waals surface area contributed by atoms with Gasteiger partial charge < -0.3 is 29.6 Å². The molecular weight excluding hydrogens is 498 g/mol. The Balaban J connectivity index is 1.49. The number of nitrogens with one attached hydrogen (secondary N) is 3. The number of amides is 1. The normalized spacial score (nSPS) is 20.4. The van der Waals surface area contributed by atoms with E-state index in [-0.39, 0.29) is 29.6 Å². The van der Waals surface area contributed by atoms with Crippen LogP contribution < -0.4 is 24.8 Å². The Morgan fingerprint density at radius 2 is 1.59 bits per heavy atom. The van der Waals surface area contributed by atoms with E-state index in [0.717, 1.165) is 25.7 Å². The van der Waals surface area contributed by atoms with Crippen LogP contribution in [0.25, 0.3) is 0 Å². The van der Waals surface area contributed by atoms with E-state index in [4.69, 9.17) is 18.9 Å². The number of sulfonamides is 1. The average Bonchev–Trinajstić information content (AvgIpc) is 3.64. The lowest BCUT2D eigenvalue weighted by Gasteiger charge is -2.22. The molecule has 0 aromatic heterocycles. The molecule has 0 radical (unpaired) electrons. The largest absolute Gasteiger partial charge is 0.493 e. The first-order chi connectivity index (χ1) is 17.9. The molecule has 0 aliphatic carbocycles. The van der Waals surface area contributed by atoms with Gasteiger partial charge in [-0.1, -0.05) is 6.07 Å². The highest BCUT2D eigenvalue weighted by atomic mass is 32.2. The number of benzene rings is 2. The number of carbonyl (C=O) groups excluding carboxylic acids is 1. The third kappa shape index (κ3) is 7.13. The van der Waals surface area contributed by atoms with Crippen LogP contribution in [0.2, 0.25) is 0 Å². The summed E-state index contributed by atoms with van der Waals surface area (Å²) in [6, 6.07) is 10.8. The number of methoxy groups -OCH3 is 2. The van der Waals surface area contributed by atoms with Crippen LogP contribution in [0.4, 0.5) is 5.69 Å². The van der Waals surface area contributed by atoms with E-state index in [1.54, 1.807) is 37.4 Å². The fraction of sp³-hybridized carbons (Fsp3) is 0.500. The number of hydrogen-bond donors (Lipinski definition) is 3. The molecule has 2 saturated heterocycles. The van der Waals surface area contributed by atoms with Gasteiger partial charge in [0.1, 0.15) is 6.04 Å². The highest BCUT2D eigenvalue weighted by Crippen LogP contribution is 2.31. The van der Waals surface area contributed by atoms with Gasteiger partial charge in [0.15, 0.2) is 11.5 Å². The predicted octanol–water partition coefficient (Wildman–Crippen LogP) is 2.61. The minimum absolute atomic E-state index is 0.00151. The third-order valence-corrected chi connectivity index (χ3v) is 7.97. The summed E-state index contributed by atoms with van der Waals surface area (Å²) in [6.45, 7) is 2.03. The molecule has 2 aliphatic rings. The average molecular weight is 534 g/mol. The van der Waals surface area contributed by atoms with E-state index in [2.05, 4.69) is 15.4 Å². The Morgan fingerprint density at radius 1 is 0.946 bits per heavy atom. The summed E-state index contributed by atoms with van der Waals surface area (Å²) in [5.74, 6) is 0.810. The van der Waals surface area contributed by atoms with E-state index in [9.17, 15) is 13.2 Å². The van der Waals surface area contributed by atoms with Crippen LogP contribution in [0.15, 0.2) is 47.4 Å². The van der Waals surface area contributed by atoms with Gasteiger partial charge in [0.2, 0.25) is 15.9 Å². The lowest BCUT2D eigenvalue weighted by atomic mass is 10.0. The van der Waals surface area contributed by atoms with Gasteiger partial charge in [-0.15, -0.1) is 0 Å². The molecule has 0 saturated carbocycles. The fourth-order valence-corrected chi connectivity index (χ4v) is 5.51. The van der Waals surface area contributed by atoms with Crippen molar-refractivity contribution >= 4 is 21.6 Å². The van der Waals surface area contributed by atoms with Crippen LogP contribution >= 0.6 is 0 Å². The first kappa shape index (κ1) is 27.2. The molecule has 2 aliphatic heterocycles. The third-order valence-electron chi connectivity index (χ3n) is 6.53. The summed E-state index contributed by atoms with van der Waals surface area (Å²) < 4.78 is 49.9. The first-order valence-corrected chi connectivity index (χ1v) is 14.0. The van der Waals surface area contributed by atoms with E-state index in [1.165, 1.54) is 19.2 Å². The fourth-order valence-electron chi connectivity index (χ4n) is 4.44. The molecule has 1 amide bonds. The summed E-state index contributed by atoms with van der Waals surface area (Å²) in [7, 11) is -0.594. The second kappa shape index (κ2) is 12.6. The molecule has 4 rings (SSSR count). The minimum atomic E-state index is -3.68. The Labute approximate surface area is 218 Å². The number of anilines is 1. The number of carbonyl (C=O) groups is 1. The molecule has 2 fully saturated rings. The highest BCUT2D eigenvalue weighted by Gasteiger charge is 2.25. The van der Waals surface area contributed by atoms with Crippen LogP contribution in [0.1, 0.15) is 37.3 Å². The van der Waals surface area contributed by atoms with Crippen LogP contribution in [-0.4, -0.2) is 67.1 Å². The summed E-state index contributed by atoms with van der Waals surface area (Å²) in [6.07, 6.45) is 3.58. The van der Waals surface area contributed by atoms with Gasteiger partial charge in [-0.3, -0.25) is 4.79 Å². The molecule has 11 heteroatoms. The summed E-state index contributed by atoms with van der Waals surface area (Å²) in [5.41, 5.74) is 1.25. The van der Waals surface area contributed by atoms with Gasteiger partial charge in [0, 0.05) is 32.0 Å². The van der Waals surface area contributed by atoms with Crippen molar-refractivity contribution in [3.63, 3.8) is 0 Å². The number of ether oxygens (including phenoxy) is 4. The van der Waals surface area contributed by atoms with Gasteiger partial charge in [-0.2, -0.15) is 0 Å². The summed E-state index contributed by atoms with van der Waals surface area (Å²) in [5, 5.41) is 6.20. The van der Waals surface area contributed by atoms with Crippen molar-refractivity contribution in [1.29, 1.82) is 0 Å². The highest BCUT2D eigenvalue weighted by molar-refractivity contribution is 7.89. The zero-order chi connectivity index (χ0) is 26.3. The molecule has 3 N–H and O–H groups in total. The van der Waals surface area contributed by atoms with Gasteiger partial charge in [0.25, 0.3) is 0 Å². The van der Waals surface area contributed by atoms with Gasteiger partial charge >= 0.3 is 0 Å². The van der Waals surface area contributed by atoms with Crippen LogP contribution in [0, 0.1) is 0 Å². The quantitative estimate of drug-likeness (QED) is 0.380. The van der Waals surface area contributed by atoms with Crippen molar-refractivity contribution in [2.45, 2.75) is 48.8 Å². The molecule has 2 aromatic carbocycles. The second-order valence-corrected chi connectivity index (χ2v) is 10.9. The maximum atomic E-state index is 13.3. The lowest BCUT2D eigenvalue weighted by molar-refractivity contribution is -0.122. The molecule has 2 aromatic rings. The Kier molecular flexibility index (Phi) is 9.25. The van der Waals surface area contributed by atoms with Crippen molar-refractivity contribution in [3.05, 3.63) is 48.0 Å². The molecule has 10 nitrogen and oxygen atoms in total. The van der Waals surface area contributed by atoms with Crippen molar-refractivity contribution in [2.75, 3.05) is 45.8 Å². The van der Waals surface area contributed by atoms with E-state index in [0.29, 0.717) is 42.5 Å². The first-order valence-electron chi connectivity index (χ1n) is 12.5. The van der Waals surface area contributed by atoms with Crippen molar-refractivity contribution in [2.24, 2.45) is 0 Å². The monoisotopic (exact) mass is 533 g/mol. The maximum Gasteiger partial charge on any atom is 0.247 e. The lowest BCUT2D eigenvalue weighted by Crippen LogP contribution is -2.38. The number of hydrogen-bond acceptors (Lipinski definition) is 8. The SMILES string of the molecule is COc1ccc([C@H](Nc2ccc(S(=O)(=O)NC[C@H]3CCCO3)cc2)C(=O)NC[C@@H]2CCCO2)cc1OC. The molecule has 2 heterocycles. The van der Waals surface area contributed by atoms with Crippen molar-refractivity contribution in [3.8, 4) is 11.5 Å². The number of rotatable bonds is 12. The molecule has 0 bridgehead atoms. The van der Waals surface area contributed by atoms with Crippen LogP contribution in [0.3, 0.4) is 0 Å². The van der Waals surface area contributed by atoms with E-state index < -0.39 is 16.1 Å². The van der Waals surface area contributed by atoms with Crippen LogP contribution in [0.5, 0.6) is 11.5 Å². The van der Waals surface area contributed by atoms with E-state index >= 15 is 0 Å². The molecule has 0 unspecified atom stereocenters. The molecule has 202 valence electrons. The Morgan fingerprint density at radius 3 is 2.19 bits per heavy atom. The Hall–Kier alpha value is -2.86. The molecule has 37 heavy (non-hydrogen) atoms. The molecular formula is C26H35N3O7S. The summed E-state index contributed by atoms with van der Waals surface area (Å²) >= 11 is 0. The molecule has 3 atom stereocenters. The smallest absolute Gasteiger partial charge is 0.247 e. The van der Waals surface area contributed by atoms with Crippen molar-refractivity contribution in [1.82, 2.24) is 10.0 Å². The van der Waals surface area contributed by atoms with Crippen LogP contribution in [-0.2, 0) is 24.3 Å². The molecule has 0 spiro atoms. The minimum Gasteiger partial charge on any atom is -0.493 e. The zero-order valence-corrected chi connectivity index (χ0v) is 22.0. The van der Waals surface area contributed by atoms with E-state index in [1.807, 2.05) is 0 Å². The topological polar surface area (TPSA) is 124 Å². The maximum absolute atomic E-state index is 13.3. The van der Waals surface area contributed by atoms with Gasteiger partial charge in [-0.05, 0) is 67.6 Å². The second-order valence-electron chi connectivity index (χ2n) is 9.08. The van der Waals surface area contributed by atoms with Gasteiger partial charge in [0.05, 0.1) is 31.3 Å².